The van der Waals surface area contributed by atoms with Gasteiger partial charge in [-0.2, -0.15) is 0 Å². The molecule has 1 unspecified atom stereocenters. The summed E-state index contributed by atoms with van der Waals surface area (Å²) in [7, 11) is -3.71. The molecule has 4 nitrogen and oxygen atoms in total. The SMILES string of the molecule is CCCC1CCc2cc(Br)c(NS(=O)(=O)c3ccc(OCc4ccccc4)cc3)cc2CC1. The molecule has 0 aromatic heterocycles. The van der Waals surface area contributed by atoms with Crippen LogP contribution in [-0.4, -0.2) is 8.42 Å². The lowest BCUT2D eigenvalue weighted by molar-refractivity contribution is 0.306. The Morgan fingerprint density at radius 1 is 0.970 bits per heavy atom. The van der Waals surface area contributed by atoms with Gasteiger partial charge in [0.1, 0.15) is 12.4 Å². The maximum atomic E-state index is 13.0. The number of benzene rings is 3. The van der Waals surface area contributed by atoms with Gasteiger partial charge in [-0.25, -0.2) is 8.42 Å². The zero-order valence-electron chi connectivity index (χ0n) is 18.9. The van der Waals surface area contributed by atoms with E-state index in [0.717, 1.165) is 28.8 Å². The first-order valence-electron chi connectivity index (χ1n) is 11.6. The van der Waals surface area contributed by atoms with Gasteiger partial charge in [0.05, 0.1) is 10.6 Å². The summed E-state index contributed by atoms with van der Waals surface area (Å²) in [5, 5.41) is 0. The van der Waals surface area contributed by atoms with Gasteiger partial charge in [-0.3, -0.25) is 4.72 Å². The van der Waals surface area contributed by atoms with E-state index >= 15 is 0 Å². The molecule has 3 aromatic rings. The Morgan fingerprint density at radius 3 is 2.30 bits per heavy atom. The number of aryl methyl sites for hydroxylation is 2. The summed E-state index contributed by atoms with van der Waals surface area (Å²) >= 11 is 3.58. The van der Waals surface area contributed by atoms with E-state index in [1.165, 1.54) is 36.8 Å². The van der Waals surface area contributed by atoms with Crippen LogP contribution in [0.2, 0.25) is 0 Å². The molecule has 6 heteroatoms. The highest BCUT2D eigenvalue weighted by molar-refractivity contribution is 9.10. The minimum Gasteiger partial charge on any atom is -0.489 e. The molecule has 1 atom stereocenters. The number of anilines is 1. The second-order valence-electron chi connectivity index (χ2n) is 8.68. The molecule has 1 aliphatic rings. The fourth-order valence-corrected chi connectivity index (χ4v) is 6.11. The normalized spacial score (nSPS) is 16.0. The maximum Gasteiger partial charge on any atom is 0.261 e. The number of hydrogen-bond donors (Lipinski definition) is 1. The van der Waals surface area contributed by atoms with Crippen LogP contribution in [-0.2, 0) is 29.5 Å². The second-order valence-corrected chi connectivity index (χ2v) is 11.2. The first-order chi connectivity index (χ1) is 15.9. The molecule has 0 fully saturated rings. The van der Waals surface area contributed by atoms with E-state index in [1.807, 2.05) is 36.4 Å². The van der Waals surface area contributed by atoms with Gasteiger partial charge in [0.15, 0.2) is 0 Å². The zero-order chi connectivity index (χ0) is 23.3. The zero-order valence-corrected chi connectivity index (χ0v) is 21.3. The van der Waals surface area contributed by atoms with Crippen molar-refractivity contribution in [3.05, 3.63) is 87.9 Å². The number of nitrogens with one attached hydrogen (secondary N) is 1. The van der Waals surface area contributed by atoms with Crippen LogP contribution in [0.4, 0.5) is 5.69 Å². The van der Waals surface area contributed by atoms with Crippen LogP contribution in [0.25, 0.3) is 0 Å². The van der Waals surface area contributed by atoms with E-state index < -0.39 is 10.0 Å². The predicted octanol–water partition coefficient (Wildman–Crippen LogP) is 7.12. The summed E-state index contributed by atoms with van der Waals surface area (Å²) in [5.74, 6) is 1.38. The van der Waals surface area contributed by atoms with Gasteiger partial charge in [-0.1, -0.05) is 50.1 Å². The standard InChI is InChI=1S/C27H30BrNO3S/c1-2-6-20-9-11-22-17-26(28)27(18-23(22)12-10-20)29-33(30,31)25-15-13-24(14-16-25)32-19-21-7-4-3-5-8-21/h3-5,7-8,13-18,20,29H,2,6,9-12,19H2,1H3. The van der Waals surface area contributed by atoms with Gasteiger partial charge in [0.2, 0.25) is 0 Å². The molecule has 0 bridgehead atoms. The average molecular weight is 529 g/mol. The summed E-state index contributed by atoms with van der Waals surface area (Å²) in [4.78, 5) is 0.208. The lowest BCUT2D eigenvalue weighted by Gasteiger charge is -2.14. The van der Waals surface area contributed by atoms with E-state index in [2.05, 4.69) is 33.6 Å². The van der Waals surface area contributed by atoms with Gasteiger partial charge in [-0.15, -0.1) is 0 Å². The molecule has 4 rings (SSSR count). The summed E-state index contributed by atoms with van der Waals surface area (Å²) in [6, 6.07) is 20.5. The van der Waals surface area contributed by atoms with Crippen molar-refractivity contribution >= 4 is 31.6 Å². The van der Waals surface area contributed by atoms with Gasteiger partial charge in [-0.05, 0) is 101 Å². The molecule has 3 aromatic carbocycles. The van der Waals surface area contributed by atoms with Crippen molar-refractivity contribution < 1.29 is 13.2 Å². The van der Waals surface area contributed by atoms with E-state index in [0.29, 0.717) is 18.0 Å². The third-order valence-electron chi connectivity index (χ3n) is 6.26. The smallest absolute Gasteiger partial charge is 0.261 e. The number of halogens is 1. The molecule has 0 heterocycles. The molecular formula is C27H30BrNO3S. The molecule has 0 saturated heterocycles. The first kappa shape index (κ1) is 23.8. The van der Waals surface area contributed by atoms with E-state index in [9.17, 15) is 8.42 Å². The molecule has 174 valence electrons. The monoisotopic (exact) mass is 527 g/mol. The van der Waals surface area contributed by atoms with Crippen molar-refractivity contribution in [3.63, 3.8) is 0 Å². The van der Waals surface area contributed by atoms with Crippen molar-refractivity contribution in [3.8, 4) is 5.75 Å². The topological polar surface area (TPSA) is 55.4 Å². The highest BCUT2D eigenvalue weighted by Gasteiger charge is 2.20. The van der Waals surface area contributed by atoms with Crippen molar-refractivity contribution in [2.45, 2.75) is 57.0 Å². The van der Waals surface area contributed by atoms with Crippen LogP contribution < -0.4 is 9.46 Å². The van der Waals surface area contributed by atoms with Crippen LogP contribution in [0.1, 0.15) is 49.3 Å². The summed E-state index contributed by atoms with van der Waals surface area (Å²) in [6.07, 6.45) is 6.90. The number of rotatable bonds is 8. The maximum absolute atomic E-state index is 13.0. The molecule has 0 spiro atoms. The summed E-state index contributed by atoms with van der Waals surface area (Å²) in [5.41, 5.74) is 4.22. The Hall–Kier alpha value is -2.31. The minimum absolute atomic E-state index is 0.208. The molecule has 1 N–H and O–H groups in total. The molecule has 0 amide bonds. The number of hydrogen-bond acceptors (Lipinski definition) is 3. The average Bonchev–Trinajstić information content (AvgIpc) is 3.01. The Labute approximate surface area is 205 Å². The summed E-state index contributed by atoms with van der Waals surface area (Å²) in [6.45, 7) is 2.68. The first-order valence-corrected chi connectivity index (χ1v) is 13.8. The fourth-order valence-electron chi connectivity index (χ4n) is 4.42. The van der Waals surface area contributed by atoms with Crippen molar-refractivity contribution in [2.24, 2.45) is 5.92 Å². The minimum atomic E-state index is -3.71. The lowest BCUT2D eigenvalue weighted by atomic mass is 9.95. The quantitative estimate of drug-likeness (QED) is 0.317. The van der Waals surface area contributed by atoms with Crippen LogP contribution >= 0.6 is 15.9 Å². The van der Waals surface area contributed by atoms with Crippen molar-refractivity contribution in [1.29, 1.82) is 0 Å². The molecule has 0 saturated carbocycles. The largest absolute Gasteiger partial charge is 0.489 e. The highest BCUT2D eigenvalue weighted by Crippen LogP contribution is 2.34. The number of fused-ring (bicyclic) bond motifs is 1. The highest BCUT2D eigenvalue weighted by atomic mass is 79.9. The number of ether oxygens (including phenoxy) is 1. The van der Waals surface area contributed by atoms with Crippen LogP contribution in [0.5, 0.6) is 5.75 Å². The van der Waals surface area contributed by atoms with E-state index in [-0.39, 0.29) is 4.90 Å². The molecule has 33 heavy (non-hydrogen) atoms. The Balaban J connectivity index is 1.45. The van der Waals surface area contributed by atoms with Crippen LogP contribution in [0.3, 0.4) is 0 Å². The Kier molecular flexibility index (Phi) is 7.76. The third kappa shape index (κ3) is 6.18. The molecular weight excluding hydrogens is 498 g/mol. The lowest BCUT2D eigenvalue weighted by Crippen LogP contribution is -2.14. The molecule has 0 aliphatic heterocycles. The van der Waals surface area contributed by atoms with Gasteiger partial charge >= 0.3 is 0 Å². The van der Waals surface area contributed by atoms with Crippen molar-refractivity contribution in [2.75, 3.05) is 4.72 Å². The van der Waals surface area contributed by atoms with Gasteiger partial charge < -0.3 is 4.74 Å². The van der Waals surface area contributed by atoms with Crippen LogP contribution in [0.15, 0.2) is 76.1 Å². The van der Waals surface area contributed by atoms with Gasteiger partial charge in [0.25, 0.3) is 10.0 Å². The van der Waals surface area contributed by atoms with Crippen LogP contribution in [0, 0.1) is 5.92 Å². The second kappa shape index (κ2) is 10.7. The third-order valence-corrected chi connectivity index (χ3v) is 8.29. The Bertz CT molecular complexity index is 1180. The number of sulfonamides is 1. The van der Waals surface area contributed by atoms with E-state index in [4.69, 9.17) is 4.74 Å². The predicted molar refractivity (Wildman–Crippen MR) is 137 cm³/mol. The van der Waals surface area contributed by atoms with E-state index in [1.54, 1.807) is 24.3 Å². The molecule has 1 aliphatic carbocycles. The van der Waals surface area contributed by atoms with Gasteiger partial charge in [0, 0.05) is 4.47 Å². The molecule has 0 radical (unpaired) electrons. The Morgan fingerprint density at radius 2 is 1.64 bits per heavy atom. The fraction of sp³-hybridized carbons (Fsp3) is 0.333. The summed E-state index contributed by atoms with van der Waals surface area (Å²) < 4.78 is 35.4. The van der Waals surface area contributed by atoms with Crippen molar-refractivity contribution in [1.82, 2.24) is 0 Å².